The molecule has 116 valence electrons. The molecule has 0 amide bonds. The average Bonchev–Trinajstić information content (AvgIpc) is 2.54. The molecule has 0 unspecified atom stereocenters. The summed E-state index contributed by atoms with van der Waals surface area (Å²) in [5.41, 5.74) is 1.80. The number of nitrogens with one attached hydrogen (secondary N) is 1. The molecule has 0 bridgehead atoms. The van der Waals surface area contributed by atoms with Crippen LogP contribution in [0.2, 0.25) is 0 Å². The highest BCUT2D eigenvalue weighted by molar-refractivity contribution is 7.71. The molecule has 1 aromatic heterocycles. The van der Waals surface area contributed by atoms with Gasteiger partial charge in [0, 0.05) is 5.56 Å². The predicted octanol–water partition coefficient (Wildman–Crippen LogP) is 3.87. The number of rotatable bonds is 2. The zero-order valence-electron chi connectivity index (χ0n) is 12.9. The van der Waals surface area contributed by atoms with Crippen molar-refractivity contribution < 1.29 is 4.79 Å². The fourth-order valence-corrected chi connectivity index (χ4v) is 2.76. The van der Waals surface area contributed by atoms with Crippen molar-refractivity contribution in [3.05, 3.63) is 74.8 Å². The summed E-state index contributed by atoms with van der Waals surface area (Å²) >= 11 is 5.20. The minimum Gasteiger partial charge on any atom is -0.331 e. The third-order valence-corrected chi connectivity index (χ3v) is 4.12. The van der Waals surface area contributed by atoms with Gasteiger partial charge in [-0.1, -0.05) is 38.1 Å². The van der Waals surface area contributed by atoms with Gasteiger partial charge in [-0.25, -0.2) is 4.57 Å². The summed E-state index contributed by atoms with van der Waals surface area (Å²) in [7, 11) is 0. The number of nitrogens with zero attached hydrogens (tertiary/aromatic N) is 1. The number of para-hydroxylation sites is 1. The lowest BCUT2D eigenvalue weighted by molar-refractivity contribution is 0.0953. The normalized spacial score (nSPS) is 11.1. The maximum atomic E-state index is 12.7. The van der Waals surface area contributed by atoms with Gasteiger partial charge < -0.3 is 4.98 Å². The summed E-state index contributed by atoms with van der Waals surface area (Å²) in [5.74, 6) is -0.0392. The SMILES string of the molecule is CC(C)c1ccc(C(=O)n2c(=S)[nH]c3ccccc3c2=O)cc1. The smallest absolute Gasteiger partial charge is 0.269 e. The molecule has 5 heteroatoms. The van der Waals surface area contributed by atoms with E-state index in [1.807, 2.05) is 18.2 Å². The van der Waals surface area contributed by atoms with Crippen molar-refractivity contribution in [3.8, 4) is 0 Å². The van der Waals surface area contributed by atoms with Crippen molar-refractivity contribution >= 4 is 29.0 Å². The number of carbonyl (C=O) groups is 1. The molecular formula is C18H16N2O2S. The van der Waals surface area contributed by atoms with Gasteiger partial charge in [-0.15, -0.1) is 0 Å². The molecule has 0 spiro atoms. The Morgan fingerprint density at radius 2 is 1.74 bits per heavy atom. The van der Waals surface area contributed by atoms with Gasteiger partial charge in [-0.05, 0) is 48.0 Å². The van der Waals surface area contributed by atoms with Crippen LogP contribution in [-0.4, -0.2) is 15.5 Å². The van der Waals surface area contributed by atoms with Crippen LogP contribution in [0.4, 0.5) is 0 Å². The number of aromatic amines is 1. The second kappa shape index (κ2) is 5.93. The Kier molecular flexibility index (Phi) is 3.96. The molecule has 4 nitrogen and oxygen atoms in total. The van der Waals surface area contributed by atoms with Gasteiger partial charge in [0.2, 0.25) is 0 Å². The standard InChI is InChI=1S/C18H16N2O2S/c1-11(2)12-7-9-13(10-8-12)16(21)20-17(22)14-5-3-4-6-15(14)19-18(20)23/h3-11H,1-2H3,(H,19,23). The first kappa shape index (κ1) is 15.4. The molecule has 1 heterocycles. The van der Waals surface area contributed by atoms with E-state index in [2.05, 4.69) is 18.8 Å². The van der Waals surface area contributed by atoms with Crippen LogP contribution in [-0.2, 0) is 0 Å². The molecule has 2 aromatic carbocycles. The minimum absolute atomic E-state index is 0.103. The van der Waals surface area contributed by atoms with Gasteiger partial charge in [0.05, 0.1) is 10.9 Å². The second-order valence-corrected chi connectivity index (χ2v) is 6.08. The summed E-state index contributed by atoms with van der Waals surface area (Å²) in [4.78, 5) is 28.2. The third kappa shape index (κ3) is 2.75. The Morgan fingerprint density at radius 3 is 2.39 bits per heavy atom. The van der Waals surface area contributed by atoms with E-state index in [9.17, 15) is 9.59 Å². The van der Waals surface area contributed by atoms with Crippen LogP contribution >= 0.6 is 12.2 Å². The summed E-state index contributed by atoms with van der Waals surface area (Å²) in [6.07, 6.45) is 0. The molecule has 0 atom stereocenters. The molecule has 3 rings (SSSR count). The Hall–Kier alpha value is -2.53. The Balaban J connectivity index is 2.14. The van der Waals surface area contributed by atoms with Crippen LogP contribution in [0.25, 0.3) is 10.9 Å². The predicted molar refractivity (Wildman–Crippen MR) is 93.7 cm³/mol. The lowest BCUT2D eigenvalue weighted by Gasteiger charge is -2.09. The van der Waals surface area contributed by atoms with Crippen LogP contribution in [0, 0.1) is 4.77 Å². The lowest BCUT2D eigenvalue weighted by atomic mass is 10.0. The van der Waals surface area contributed by atoms with Gasteiger partial charge in [0.15, 0.2) is 4.77 Å². The topological polar surface area (TPSA) is 54.9 Å². The molecule has 0 aliphatic rings. The number of hydrogen-bond donors (Lipinski definition) is 1. The average molecular weight is 324 g/mol. The summed E-state index contributed by atoms with van der Waals surface area (Å²) < 4.78 is 1.12. The van der Waals surface area contributed by atoms with E-state index in [1.165, 1.54) is 0 Å². The van der Waals surface area contributed by atoms with Crippen LogP contribution < -0.4 is 5.56 Å². The maximum absolute atomic E-state index is 12.7. The van der Waals surface area contributed by atoms with Gasteiger partial charge in [-0.3, -0.25) is 9.59 Å². The third-order valence-electron chi connectivity index (χ3n) is 3.83. The molecular weight excluding hydrogens is 308 g/mol. The first-order valence-electron chi connectivity index (χ1n) is 7.38. The molecule has 0 fully saturated rings. The summed E-state index contributed by atoms with van der Waals surface area (Å²) in [5, 5.41) is 0.438. The molecule has 0 saturated heterocycles. The molecule has 3 aromatic rings. The molecule has 0 aliphatic heterocycles. The van der Waals surface area contributed by atoms with Crippen LogP contribution in [0.3, 0.4) is 0 Å². The van der Waals surface area contributed by atoms with Crippen LogP contribution in [0.1, 0.15) is 35.7 Å². The zero-order valence-corrected chi connectivity index (χ0v) is 13.7. The number of hydrogen-bond acceptors (Lipinski definition) is 3. The van der Waals surface area contributed by atoms with Gasteiger partial charge in [0.25, 0.3) is 11.5 Å². The Labute approximate surface area is 138 Å². The van der Waals surface area contributed by atoms with Crippen molar-refractivity contribution in [2.75, 3.05) is 0 Å². The van der Waals surface area contributed by atoms with Gasteiger partial charge in [0.1, 0.15) is 0 Å². The van der Waals surface area contributed by atoms with Crippen molar-refractivity contribution in [2.24, 2.45) is 0 Å². The molecule has 1 N–H and O–H groups in total. The number of benzene rings is 2. The fourth-order valence-electron chi connectivity index (χ4n) is 2.49. The van der Waals surface area contributed by atoms with Gasteiger partial charge in [-0.2, -0.15) is 0 Å². The monoisotopic (exact) mass is 324 g/mol. The summed E-state index contributed by atoms with van der Waals surface area (Å²) in [6.45, 7) is 4.17. The highest BCUT2D eigenvalue weighted by Crippen LogP contribution is 2.15. The van der Waals surface area contributed by atoms with E-state index in [4.69, 9.17) is 12.2 Å². The zero-order chi connectivity index (χ0) is 16.6. The lowest BCUT2D eigenvalue weighted by Crippen LogP contribution is -2.29. The van der Waals surface area contributed by atoms with E-state index >= 15 is 0 Å². The van der Waals surface area contributed by atoms with Gasteiger partial charge >= 0.3 is 0 Å². The van der Waals surface area contributed by atoms with E-state index in [1.54, 1.807) is 30.3 Å². The highest BCUT2D eigenvalue weighted by atomic mass is 32.1. The highest BCUT2D eigenvalue weighted by Gasteiger charge is 2.14. The first-order valence-corrected chi connectivity index (χ1v) is 7.78. The molecule has 0 radical (unpaired) electrons. The van der Waals surface area contributed by atoms with Crippen molar-refractivity contribution in [1.29, 1.82) is 0 Å². The largest absolute Gasteiger partial charge is 0.331 e. The number of aromatic nitrogens is 2. The molecule has 23 heavy (non-hydrogen) atoms. The number of fused-ring (bicyclic) bond motifs is 1. The van der Waals surface area contributed by atoms with E-state index in [0.717, 1.165) is 10.1 Å². The Bertz CT molecular complexity index is 998. The van der Waals surface area contributed by atoms with Crippen molar-refractivity contribution in [3.63, 3.8) is 0 Å². The van der Waals surface area contributed by atoms with E-state index in [-0.39, 0.29) is 4.77 Å². The maximum Gasteiger partial charge on any atom is 0.269 e. The first-order chi connectivity index (χ1) is 11.0. The fraction of sp³-hybridized carbons (Fsp3) is 0.167. The van der Waals surface area contributed by atoms with Crippen molar-refractivity contribution in [2.45, 2.75) is 19.8 Å². The molecule has 0 aliphatic carbocycles. The van der Waals surface area contributed by atoms with Crippen molar-refractivity contribution in [1.82, 2.24) is 9.55 Å². The quantitative estimate of drug-likeness (QED) is 0.728. The molecule has 0 saturated carbocycles. The number of H-pyrrole nitrogens is 1. The van der Waals surface area contributed by atoms with E-state index < -0.39 is 11.5 Å². The minimum atomic E-state index is -0.419. The van der Waals surface area contributed by atoms with E-state index in [0.29, 0.717) is 22.4 Å². The Morgan fingerprint density at radius 1 is 1.09 bits per heavy atom. The van der Waals surface area contributed by atoms with Crippen LogP contribution in [0.15, 0.2) is 53.3 Å². The summed E-state index contributed by atoms with van der Waals surface area (Å²) in [6, 6.07) is 14.3. The van der Waals surface area contributed by atoms with Crippen LogP contribution in [0.5, 0.6) is 0 Å². The number of carbonyl (C=O) groups excluding carboxylic acids is 1. The second-order valence-electron chi connectivity index (χ2n) is 5.70.